The zero-order chi connectivity index (χ0) is 9.52. The van der Waals surface area contributed by atoms with Crippen molar-refractivity contribution >= 4 is 0 Å². The molecule has 1 nitrogen and oxygen atoms in total. The molecule has 0 aromatic heterocycles. The lowest BCUT2D eigenvalue weighted by molar-refractivity contribution is 0.139. The first-order chi connectivity index (χ1) is 6.29. The molecular weight excluding hydrogens is 172 g/mol. The monoisotopic (exact) mass is 191 g/mol. The van der Waals surface area contributed by atoms with Crippen molar-refractivity contribution in [3.8, 4) is 0 Å². The largest absolute Gasteiger partial charge is 0.309 e. The van der Waals surface area contributed by atoms with Crippen LogP contribution in [0.4, 0.5) is 8.78 Å². The van der Waals surface area contributed by atoms with Crippen molar-refractivity contribution in [3.05, 3.63) is 0 Å². The van der Waals surface area contributed by atoms with Gasteiger partial charge in [-0.05, 0) is 12.8 Å². The molecule has 1 saturated carbocycles. The summed E-state index contributed by atoms with van der Waals surface area (Å²) < 4.78 is 23.8. The minimum absolute atomic E-state index is 0.134. The molecule has 13 heavy (non-hydrogen) atoms. The van der Waals surface area contributed by atoms with Gasteiger partial charge in [0, 0.05) is 6.04 Å². The molecule has 0 radical (unpaired) electrons. The van der Waals surface area contributed by atoms with Crippen molar-refractivity contribution < 1.29 is 8.78 Å². The second kappa shape index (κ2) is 6.30. The van der Waals surface area contributed by atoms with Crippen LogP contribution in [0.25, 0.3) is 0 Å². The fraction of sp³-hybridized carbons (Fsp3) is 1.00. The molecule has 0 aliphatic heterocycles. The molecule has 1 rings (SSSR count). The summed E-state index contributed by atoms with van der Waals surface area (Å²) in [6.45, 7) is -0.134. The van der Waals surface area contributed by atoms with E-state index in [1.54, 1.807) is 0 Å². The molecule has 0 aromatic rings. The quantitative estimate of drug-likeness (QED) is 0.723. The summed E-state index contributed by atoms with van der Waals surface area (Å²) in [6.07, 6.45) is 6.20. The molecule has 1 aliphatic rings. The molecular formula is C10H19F2N. The van der Waals surface area contributed by atoms with Crippen LogP contribution < -0.4 is 5.32 Å². The highest BCUT2D eigenvalue weighted by molar-refractivity contribution is 4.69. The van der Waals surface area contributed by atoms with Gasteiger partial charge in [-0.15, -0.1) is 0 Å². The zero-order valence-electron chi connectivity index (χ0n) is 8.07. The summed E-state index contributed by atoms with van der Waals surface area (Å²) in [4.78, 5) is 0. The number of nitrogens with one attached hydrogen (secondary N) is 1. The van der Waals surface area contributed by atoms with Crippen LogP contribution in [-0.4, -0.2) is 19.0 Å². The molecule has 0 saturated heterocycles. The van der Waals surface area contributed by atoms with Crippen LogP contribution in [0.1, 0.15) is 44.9 Å². The third-order valence-corrected chi connectivity index (χ3v) is 2.67. The lowest BCUT2D eigenvalue weighted by Gasteiger charge is -2.20. The number of alkyl halides is 2. The standard InChI is InChI=1S/C10H19F2N/c11-10(12)8-13-9-6-4-2-1-3-5-7-9/h9-10,13H,1-8H2. The average Bonchev–Trinajstić information content (AvgIpc) is 2.01. The Morgan fingerprint density at radius 1 is 1.00 bits per heavy atom. The van der Waals surface area contributed by atoms with Gasteiger partial charge in [0.05, 0.1) is 6.54 Å². The second-order valence-electron chi connectivity index (χ2n) is 3.84. The highest BCUT2D eigenvalue weighted by atomic mass is 19.3. The Morgan fingerprint density at radius 3 is 2.08 bits per heavy atom. The van der Waals surface area contributed by atoms with Gasteiger partial charge in [-0.3, -0.25) is 0 Å². The molecule has 0 bridgehead atoms. The van der Waals surface area contributed by atoms with Crippen molar-refractivity contribution in [2.45, 2.75) is 57.4 Å². The first kappa shape index (κ1) is 10.9. The van der Waals surface area contributed by atoms with Crippen LogP contribution in [0.15, 0.2) is 0 Å². The van der Waals surface area contributed by atoms with Gasteiger partial charge in [0.2, 0.25) is 0 Å². The van der Waals surface area contributed by atoms with Gasteiger partial charge >= 0.3 is 0 Å². The highest BCUT2D eigenvalue weighted by Crippen LogP contribution is 2.17. The van der Waals surface area contributed by atoms with E-state index in [-0.39, 0.29) is 6.54 Å². The summed E-state index contributed by atoms with van der Waals surface area (Å²) >= 11 is 0. The molecule has 0 amide bonds. The third kappa shape index (κ3) is 5.19. The maximum absolute atomic E-state index is 11.9. The van der Waals surface area contributed by atoms with Gasteiger partial charge in [-0.2, -0.15) is 0 Å². The fourth-order valence-corrected chi connectivity index (χ4v) is 1.92. The Hall–Kier alpha value is -0.180. The fourth-order valence-electron chi connectivity index (χ4n) is 1.92. The molecule has 0 spiro atoms. The maximum atomic E-state index is 11.9. The SMILES string of the molecule is FC(F)CNC1CCCCCCC1. The van der Waals surface area contributed by atoms with E-state index in [9.17, 15) is 8.78 Å². The normalized spacial score (nSPS) is 21.5. The van der Waals surface area contributed by atoms with Crippen molar-refractivity contribution in [2.75, 3.05) is 6.54 Å². The Bertz CT molecular complexity index is 120. The summed E-state index contributed by atoms with van der Waals surface area (Å²) in [5.74, 6) is 0. The molecule has 3 heteroatoms. The molecule has 0 unspecified atom stereocenters. The van der Waals surface area contributed by atoms with Crippen LogP contribution >= 0.6 is 0 Å². The molecule has 1 N–H and O–H groups in total. The molecule has 0 atom stereocenters. The Labute approximate surface area is 78.9 Å². The lowest BCUT2D eigenvalue weighted by Crippen LogP contribution is -2.33. The Kier molecular flexibility index (Phi) is 5.28. The predicted octanol–water partition coefficient (Wildman–Crippen LogP) is 2.95. The molecule has 1 aliphatic carbocycles. The van der Waals surface area contributed by atoms with Crippen LogP contribution in [0.5, 0.6) is 0 Å². The van der Waals surface area contributed by atoms with Gasteiger partial charge in [-0.25, -0.2) is 8.78 Å². The number of hydrogen-bond acceptors (Lipinski definition) is 1. The maximum Gasteiger partial charge on any atom is 0.250 e. The first-order valence-corrected chi connectivity index (χ1v) is 5.30. The summed E-state index contributed by atoms with van der Waals surface area (Å²) in [7, 11) is 0. The van der Waals surface area contributed by atoms with E-state index in [2.05, 4.69) is 5.32 Å². The van der Waals surface area contributed by atoms with Crippen molar-refractivity contribution in [3.63, 3.8) is 0 Å². The van der Waals surface area contributed by atoms with E-state index in [0.717, 1.165) is 12.8 Å². The van der Waals surface area contributed by atoms with Crippen LogP contribution in [0.3, 0.4) is 0 Å². The second-order valence-corrected chi connectivity index (χ2v) is 3.84. The van der Waals surface area contributed by atoms with Crippen LogP contribution in [-0.2, 0) is 0 Å². The topological polar surface area (TPSA) is 12.0 Å². The zero-order valence-corrected chi connectivity index (χ0v) is 8.07. The summed E-state index contributed by atoms with van der Waals surface area (Å²) in [5.41, 5.74) is 0. The molecule has 0 aromatic carbocycles. The molecule has 1 fully saturated rings. The van der Waals surface area contributed by atoms with Gasteiger partial charge in [-0.1, -0.05) is 32.1 Å². The van der Waals surface area contributed by atoms with Crippen molar-refractivity contribution in [1.82, 2.24) is 5.32 Å². The highest BCUT2D eigenvalue weighted by Gasteiger charge is 2.12. The van der Waals surface area contributed by atoms with E-state index in [1.165, 1.54) is 32.1 Å². The van der Waals surface area contributed by atoms with Crippen molar-refractivity contribution in [1.29, 1.82) is 0 Å². The summed E-state index contributed by atoms with van der Waals surface area (Å²) in [6, 6.07) is 0.342. The van der Waals surface area contributed by atoms with Gasteiger partial charge in [0.15, 0.2) is 0 Å². The van der Waals surface area contributed by atoms with Gasteiger partial charge in [0.25, 0.3) is 6.43 Å². The number of hydrogen-bond donors (Lipinski definition) is 1. The van der Waals surface area contributed by atoms with Gasteiger partial charge in [0.1, 0.15) is 0 Å². The number of rotatable bonds is 3. The summed E-state index contributed by atoms with van der Waals surface area (Å²) in [5, 5.41) is 2.94. The van der Waals surface area contributed by atoms with E-state index in [0.29, 0.717) is 6.04 Å². The van der Waals surface area contributed by atoms with Crippen molar-refractivity contribution in [2.24, 2.45) is 0 Å². The van der Waals surface area contributed by atoms with Crippen LogP contribution in [0, 0.1) is 0 Å². The average molecular weight is 191 g/mol. The number of halogens is 2. The van der Waals surface area contributed by atoms with Gasteiger partial charge < -0.3 is 5.32 Å². The van der Waals surface area contributed by atoms with E-state index < -0.39 is 6.43 Å². The van der Waals surface area contributed by atoms with Crippen LogP contribution in [0.2, 0.25) is 0 Å². The first-order valence-electron chi connectivity index (χ1n) is 5.30. The van der Waals surface area contributed by atoms with E-state index >= 15 is 0 Å². The third-order valence-electron chi connectivity index (χ3n) is 2.67. The smallest absolute Gasteiger partial charge is 0.250 e. The minimum Gasteiger partial charge on any atom is -0.309 e. The predicted molar refractivity (Wildman–Crippen MR) is 50.1 cm³/mol. The minimum atomic E-state index is -2.20. The Balaban J connectivity index is 2.14. The molecule has 78 valence electrons. The van der Waals surface area contributed by atoms with E-state index in [1.807, 2.05) is 0 Å². The lowest BCUT2D eigenvalue weighted by atomic mass is 9.97. The van der Waals surface area contributed by atoms with E-state index in [4.69, 9.17) is 0 Å². The Morgan fingerprint density at radius 2 is 1.54 bits per heavy atom. The molecule has 0 heterocycles.